The topological polar surface area (TPSA) is 20.2 Å². The summed E-state index contributed by atoms with van der Waals surface area (Å²) in [6, 6.07) is 20.7. The van der Waals surface area contributed by atoms with Crippen molar-refractivity contribution in [2.45, 2.75) is 20.8 Å². The van der Waals surface area contributed by atoms with Gasteiger partial charge in [0.2, 0.25) is 0 Å². The van der Waals surface area contributed by atoms with E-state index >= 15 is 0 Å². The number of aliphatic hydroxyl groups excluding tert-OH is 1. The molecule has 3 heteroatoms. The summed E-state index contributed by atoms with van der Waals surface area (Å²) in [4.78, 5) is 2.50. The van der Waals surface area contributed by atoms with Crippen LogP contribution in [0.3, 0.4) is 0 Å². The Morgan fingerprint density at radius 2 is 1.22 bits per heavy atom. The molecular formula is C15H16OS2. The van der Waals surface area contributed by atoms with Crippen molar-refractivity contribution in [1.82, 2.24) is 0 Å². The molecule has 2 aromatic rings. The Labute approximate surface area is 117 Å². The minimum atomic E-state index is 0.227. The number of benzene rings is 2. The quantitative estimate of drug-likeness (QED) is 0.628. The molecule has 0 spiro atoms. The molecule has 0 aliphatic rings. The molecule has 0 aliphatic carbocycles. The summed E-state index contributed by atoms with van der Waals surface area (Å²) in [6.07, 6.45) is 0.791. The van der Waals surface area contributed by atoms with Crippen LogP contribution >= 0.6 is 23.5 Å². The van der Waals surface area contributed by atoms with Gasteiger partial charge in [0.25, 0.3) is 0 Å². The first-order chi connectivity index (χ1) is 8.88. The van der Waals surface area contributed by atoms with Crippen molar-refractivity contribution in [2.24, 2.45) is 0 Å². The summed E-state index contributed by atoms with van der Waals surface area (Å²) >= 11 is 3.62. The highest BCUT2D eigenvalue weighted by molar-refractivity contribution is 8.17. The van der Waals surface area contributed by atoms with Gasteiger partial charge in [-0.1, -0.05) is 36.4 Å². The predicted octanol–water partition coefficient (Wildman–Crippen LogP) is 4.28. The summed E-state index contributed by atoms with van der Waals surface area (Å²) in [5, 5.41) is 9.17. The van der Waals surface area contributed by atoms with Gasteiger partial charge in [-0.2, -0.15) is 0 Å². The van der Waals surface area contributed by atoms with Crippen molar-refractivity contribution in [3.8, 4) is 0 Å². The third-order valence-electron chi connectivity index (χ3n) is 2.39. The minimum Gasteiger partial charge on any atom is -0.396 e. The van der Waals surface area contributed by atoms with E-state index in [0.29, 0.717) is 4.58 Å². The standard InChI is InChI=1S/C15H16OS2/c16-12-11-15(17-13-7-3-1-4-8-13)18-14-9-5-2-6-10-14/h1-10,15-16H,11-12H2. The second-order valence-electron chi connectivity index (χ2n) is 3.80. The van der Waals surface area contributed by atoms with Gasteiger partial charge in [0.05, 0.1) is 4.58 Å². The first-order valence-electron chi connectivity index (χ1n) is 5.93. The van der Waals surface area contributed by atoms with E-state index in [1.165, 1.54) is 9.79 Å². The van der Waals surface area contributed by atoms with Crippen LogP contribution in [0.25, 0.3) is 0 Å². The van der Waals surface area contributed by atoms with E-state index in [2.05, 4.69) is 24.3 Å². The van der Waals surface area contributed by atoms with E-state index in [1.54, 1.807) is 0 Å². The highest BCUT2D eigenvalue weighted by Gasteiger charge is 2.11. The van der Waals surface area contributed by atoms with Crippen molar-refractivity contribution in [3.63, 3.8) is 0 Å². The molecule has 0 unspecified atom stereocenters. The maximum absolute atomic E-state index is 9.17. The molecule has 1 nitrogen and oxygen atoms in total. The van der Waals surface area contributed by atoms with E-state index in [-0.39, 0.29) is 6.61 Å². The molecule has 0 saturated heterocycles. The molecule has 0 atom stereocenters. The second kappa shape index (κ2) is 7.52. The van der Waals surface area contributed by atoms with Crippen molar-refractivity contribution < 1.29 is 5.11 Å². The van der Waals surface area contributed by atoms with Gasteiger partial charge in [-0.25, -0.2) is 0 Å². The maximum Gasteiger partial charge on any atom is 0.0618 e. The number of rotatable bonds is 6. The van der Waals surface area contributed by atoms with Crippen LogP contribution in [-0.2, 0) is 0 Å². The van der Waals surface area contributed by atoms with E-state index in [0.717, 1.165) is 6.42 Å². The lowest BCUT2D eigenvalue weighted by Crippen LogP contribution is -2.00. The summed E-state index contributed by atoms with van der Waals surface area (Å²) in [5.41, 5.74) is 0. The zero-order chi connectivity index (χ0) is 12.6. The molecule has 2 aromatic carbocycles. The number of aliphatic hydroxyl groups is 1. The maximum atomic E-state index is 9.17. The van der Waals surface area contributed by atoms with Crippen LogP contribution in [0.15, 0.2) is 70.5 Å². The van der Waals surface area contributed by atoms with Crippen molar-refractivity contribution in [2.75, 3.05) is 6.61 Å². The Hall–Kier alpha value is -0.900. The average molecular weight is 276 g/mol. The molecule has 0 amide bonds. The fraction of sp³-hybridized carbons (Fsp3) is 0.200. The van der Waals surface area contributed by atoms with Gasteiger partial charge in [0.1, 0.15) is 0 Å². The van der Waals surface area contributed by atoms with Crippen LogP contribution < -0.4 is 0 Å². The highest BCUT2D eigenvalue weighted by atomic mass is 32.2. The average Bonchev–Trinajstić information content (AvgIpc) is 2.41. The Kier molecular flexibility index (Phi) is 5.65. The van der Waals surface area contributed by atoms with Gasteiger partial charge in [0, 0.05) is 16.4 Å². The molecule has 1 N–H and O–H groups in total. The van der Waals surface area contributed by atoms with Crippen LogP contribution in [0.2, 0.25) is 0 Å². The third-order valence-corrected chi connectivity index (χ3v) is 5.05. The van der Waals surface area contributed by atoms with Crippen LogP contribution in [0.4, 0.5) is 0 Å². The van der Waals surface area contributed by atoms with E-state index in [1.807, 2.05) is 59.9 Å². The van der Waals surface area contributed by atoms with Gasteiger partial charge < -0.3 is 5.11 Å². The van der Waals surface area contributed by atoms with Gasteiger partial charge in [-0.15, -0.1) is 23.5 Å². The SMILES string of the molecule is OCCC(Sc1ccccc1)Sc1ccccc1. The smallest absolute Gasteiger partial charge is 0.0618 e. The molecular weight excluding hydrogens is 260 g/mol. The zero-order valence-corrected chi connectivity index (χ0v) is 11.7. The number of hydrogen-bond donors (Lipinski definition) is 1. The molecule has 0 radical (unpaired) electrons. The molecule has 94 valence electrons. The molecule has 0 heterocycles. The zero-order valence-electron chi connectivity index (χ0n) is 10.0. The summed E-state index contributed by atoms with van der Waals surface area (Å²) in [5.74, 6) is 0. The van der Waals surface area contributed by atoms with Crippen molar-refractivity contribution >= 4 is 23.5 Å². The Bertz CT molecular complexity index is 403. The van der Waals surface area contributed by atoms with Crippen LogP contribution in [0.5, 0.6) is 0 Å². The van der Waals surface area contributed by atoms with Crippen molar-refractivity contribution in [1.29, 1.82) is 0 Å². The molecule has 0 aromatic heterocycles. The first-order valence-corrected chi connectivity index (χ1v) is 7.68. The number of hydrogen-bond acceptors (Lipinski definition) is 3. The fourth-order valence-electron chi connectivity index (χ4n) is 1.55. The van der Waals surface area contributed by atoms with Crippen LogP contribution in [0.1, 0.15) is 6.42 Å². The normalized spacial score (nSPS) is 10.8. The molecule has 18 heavy (non-hydrogen) atoms. The molecule has 0 fully saturated rings. The lowest BCUT2D eigenvalue weighted by atomic mass is 10.4. The van der Waals surface area contributed by atoms with E-state index < -0.39 is 0 Å². The highest BCUT2D eigenvalue weighted by Crippen LogP contribution is 2.37. The minimum absolute atomic E-state index is 0.227. The first kappa shape index (κ1) is 13.5. The lowest BCUT2D eigenvalue weighted by molar-refractivity contribution is 0.294. The largest absolute Gasteiger partial charge is 0.396 e. The van der Waals surface area contributed by atoms with Crippen LogP contribution in [-0.4, -0.2) is 16.3 Å². The summed E-state index contributed by atoms with van der Waals surface area (Å²) in [7, 11) is 0. The molecule has 0 bridgehead atoms. The lowest BCUT2D eigenvalue weighted by Gasteiger charge is -2.15. The third kappa shape index (κ3) is 4.41. The van der Waals surface area contributed by atoms with Gasteiger partial charge in [-0.05, 0) is 30.7 Å². The predicted molar refractivity (Wildman–Crippen MR) is 80.1 cm³/mol. The molecule has 2 rings (SSSR count). The van der Waals surface area contributed by atoms with E-state index in [4.69, 9.17) is 5.11 Å². The fourth-order valence-corrected chi connectivity index (χ4v) is 4.09. The monoisotopic (exact) mass is 276 g/mol. The van der Waals surface area contributed by atoms with Gasteiger partial charge in [-0.3, -0.25) is 0 Å². The number of thioether (sulfide) groups is 2. The van der Waals surface area contributed by atoms with Crippen molar-refractivity contribution in [3.05, 3.63) is 60.7 Å². The summed E-state index contributed by atoms with van der Waals surface area (Å²) in [6.45, 7) is 0.227. The Morgan fingerprint density at radius 1 is 0.778 bits per heavy atom. The Balaban J connectivity index is 2.00. The van der Waals surface area contributed by atoms with Gasteiger partial charge >= 0.3 is 0 Å². The Morgan fingerprint density at radius 3 is 1.61 bits per heavy atom. The molecule has 0 aliphatic heterocycles. The van der Waals surface area contributed by atoms with Crippen LogP contribution in [0, 0.1) is 0 Å². The molecule has 0 saturated carbocycles. The second-order valence-corrected chi connectivity index (χ2v) is 6.65. The van der Waals surface area contributed by atoms with E-state index in [9.17, 15) is 0 Å². The van der Waals surface area contributed by atoms with Gasteiger partial charge in [0.15, 0.2) is 0 Å². The summed E-state index contributed by atoms with van der Waals surface area (Å²) < 4.78 is 0.347.